The number of para-hydroxylation sites is 1. The average molecular weight is 258 g/mol. The molecule has 1 amide bonds. The first-order chi connectivity index (χ1) is 9.15. The fourth-order valence-electron chi connectivity index (χ4n) is 2.50. The summed E-state index contributed by atoms with van der Waals surface area (Å²) < 4.78 is 0. The van der Waals surface area contributed by atoms with Crippen LogP contribution in [-0.4, -0.2) is 30.4 Å². The number of rotatable bonds is 4. The Balaban J connectivity index is 1.81. The van der Waals surface area contributed by atoms with Gasteiger partial charge in [-0.3, -0.25) is 9.69 Å². The third-order valence-electron chi connectivity index (χ3n) is 3.49. The third kappa shape index (κ3) is 4.21. The lowest BCUT2D eigenvalue weighted by Gasteiger charge is -2.31. The molecule has 1 aromatic rings. The van der Waals surface area contributed by atoms with Gasteiger partial charge in [0.25, 0.3) is 0 Å². The first-order valence-electron chi connectivity index (χ1n) is 6.88. The summed E-state index contributed by atoms with van der Waals surface area (Å²) >= 11 is 0. The molecule has 0 radical (unpaired) electrons. The van der Waals surface area contributed by atoms with Gasteiger partial charge in [0.05, 0.1) is 0 Å². The molecular formula is C16H22N2O. The molecular weight excluding hydrogens is 236 g/mol. The van der Waals surface area contributed by atoms with Crippen LogP contribution >= 0.6 is 0 Å². The standard InChI is InChI=1S/C16H22N2O/c1-13(2)12-18-10-8-14(9-11-18)16(19)17-15-6-4-3-5-7-15/h3-7,14H,1,8-12H2,2H3,(H,17,19). The zero-order valence-corrected chi connectivity index (χ0v) is 11.6. The Bertz CT molecular complexity index is 433. The molecule has 1 aliphatic heterocycles. The maximum atomic E-state index is 12.1. The minimum Gasteiger partial charge on any atom is -0.326 e. The van der Waals surface area contributed by atoms with E-state index in [2.05, 4.69) is 16.8 Å². The minimum atomic E-state index is 0.140. The Morgan fingerprint density at radius 3 is 2.53 bits per heavy atom. The van der Waals surface area contributed by atoms with Gasteiger partial charge in [-0.05, 0) is 45.0 Å². The van der Waals surface area contributed by atoms with Gasteiger partial charge in [-0.15, -0.1) is 0 Å². The van der Waals surface area contributed by atoms with Crippen molar-refractivity contribution >= 4 is 11.6 Å². The Labute approximate surface area is 115 Å². The molecule has 2 rings (SSSR count). The predicted molar refractivity (Wildman–Crippen MR) is 79.0 cm³/mol. The van der Waals surface area contributed by atoms with Crippen LogP contribution in [0.3, 0.4) is 0 Å². The molecule has 1 heterocycles. The molecule has 1 fully saturated rings. The van der Waals surface area contributed by atoms with Crippen molar-refractivity contribution in [2.75, 3.05) is 25.0 Å². The van der Waals surface area contributed by atoms with Crippen molar-refractivity contribution in [3.05, 3.63) is 42.5 Å². The average Bonchev–Trinajstić information content (AvgIpc) is 2.40. The highest BCUT2D eigenvalue weighted by Gasteiger charge is 2.24. The van der Waals surface area contributed by atoms with E-state index in [0.29, 0.717) is 0 Å². The normalized spacial score (nSPS) is 17.1. The van der Waals surface area contributed by atoms with Gasteiger partial charge in [0.2, 0.25) is 5.91 Å². The predicted octanol–water partition coefficient (Wildman–Crippen LogP) is 2.91. The summed E-state index contributed by atoms with van der Waals surface area (Å²) in [6.45, 7) is 8.91. The van der Waals surface area contributed by atoms with Gasteiger partial charge in [0, 0.05) is 18.2 Å². The molecule has 0 atom stereocenters. The number of carbonyl (C=O) groups excluding carboxylic acids is 1. The monoisotopic (exact) mass is 258 g/mol. The Morgan fingerprint density at radius 1 is 1.32 bits per heavy atom. The van der Waals surface area contributed by atoms with Gasteiger partial charge in [-0.2, -0.15) is 0 Å². The summed E-state index contributed by atoms with van der Waals surface area (Å²) in [5.41, 5.74) is 2.07. The van der Waals surface area contributed by atoms with E-state index in [1.54, 1.807) is 0 Å². The molecule has 0 spiro atoms. The molecule has 0 saturated carbocycles. The van der Waals surface area contributed by atoms with Gasteiger partial charge in [0.15, 0.2) is 0 Å². The number of anilines is 1. The van der Waals surface area contributed by atoms with E-state index < -0.39 is 0 Å². The molecule has 102 valence electrons. The van der Waals surface area contributed by atoms with Crippen LogP contribution in [0, 0.1) is 5.92 Å². The van der Waals surface area contributed by atoms with Crippen LogP contribution in [0.2, 0.25) is 0 Å². The molecule has 1 aromatic carbocycles. The van der Waals surface area contributed by atoms with Crippen LogP contribution in [0.1, 0.15) is 19.8 Å². The van der Waals surface area contributed by atoms with Crippen molar-refractivity contribution in [2.45, 2.75) is 19.8 Å². The van der Waals surface area contributed by atoms with Gasteiger partial charge in [-0.1, -0.05) is 30.4 Å². The Kier molecular flexibility index (Phi) is 4.74. The van der Waals surface area contributed by atoms with Gasteiger partial charge >= 0.3 is 0 Å². The summed E-state index contributed by atoms with van der Waals surface area (Å²) in [5.74, 6) is 0.294. The first kappa shape index (κ1) is 13.8. The lowest BCUT2D eigenvalue weighted by atomic mass is 9.95. The first-order valence-corrected chi connectivity index (χ1v) is 6.88. The van der Waals surface area contributed by atoms with Crippen LogP contribution in [-0.2, 0) is 4.79 Å². The number of hydrogen-bond donors (Lipinski definition) is 1. The fraction of sp³-hybridized carbons (Fsp3) is 0.438. The molecule has 1 saturated heterocycles. The van der Waals surface area contributed by atoms with E-state index in [1.807, 2.05) is 37.3 Å². The van der Waals surface area contributed by atoms with Crippen molar-refractivity contribution in [3.8, 4) is 0 Å². The van der Waals surface area contributed by atoms with Gasteiger partial charge in [0.1, 0.15) is 0 Å². The molecule has 3 nitrogen and oxygen atoms in total. The van der Waals surface area contributed by atoms with E-state index in [9.17, 15) is 4.79 Å². The molecule has 0 bridgehead atoms. The number of nitrogens with one attached hydrogen (secondary N) is 1. The largest absolute Gasteiger partial charge is 0.326 e. The quantitative estimate of drug-likeness (QED) is 0.842. The van der Waals surface area contributed by atoms with Crippen LogP contribution in [0.4, 0.5) is 5.69 Å². The van der Waals surface area contributed by atoms with Crippen LogP contribution < -0.4 is 5.32 Å². The SMILES string of the molecule is C=C(C)CN1CCC(C(=O)Nc2ccccc2)CC1. The van der Waals surface area contributed by atoms with E-state index in [-0.39, 0.29) is 11.8 Å². The number of nitrogens with zero attached hydrogens (tertiary/aromatic N) is 1. The summed E-state index contributed by atoms with van der Waals surface area (Å²) in [4.78, 5) is 14.5. The fourth-order valence-corrected chi connectivity index (χ4v) is 2.50. The molecule has 0 aliphatic carbocycles. The third-order valence-corrected chi connectivity index (χ3v) is 3.49. The van der Waals surface area contributed by atoms with E-state index in [1.165, 1.54) is 5.57 Å². The second-order valence-electron chi connectivity index (χ2n) is 5.36. The van der Waals surface area contributed by atoms with Crippen LogP contribution in [0.15, 0.2) is 42.5 Å². The lowest BCUT2D eigenvalue weighted by Crippen LogP contribution is -2.38. The summed E-state index contributed by atoms with van der Waals surface area (Å²) in [6, 6.07) is 9.67. The van der Waals surface area contributed by atoms with E-state index in [4.69, 9.17) is 0 Å². The maximum Gasteiger partial charge on any atom is 0.227 e. The number of piperidine rings is 1. The smallest absolute Gasteiger partial charge is 0.227 e. The van der Waals surface area contributed by atoms with Crippen molar-refractivity contribution in [1.29, 1.82) is 0 Å². The molecule has 19 heavy (non-hydrogen) atoms. The zero-order chi connectivity index (χ0) is 13.7. The molecule has 0 aromatic heterocycles. The van der Waals surface area contributed by atoms with Crippen molar-refractivity contribution < 1.29 is 4.79 Å². The topological polar surface area (TPSA) is 32.3 Å². The van der Waals surface area contributed by atoms with E-state index in [0.717, 1.165) is 38.2 Å². The number of benzene rings is 1. The number of amides is 1. The highest BCUT2D eigenvalue weighted by atomic mass is 16.1. The highest BCUT2D eigenvalue weighted by molar-refractivity contribution is 5.92. The lowest BCUT2D eigenvalue weighted by molar-refractivity contribution is -0.121. The molecule has 1 aliphatic rings. The van der Waals surface area contributed by atoms with Crippen molar-refractivity contribution in [2.24, 2.45) is 5.92 Å². The van der Waals surface area contributed by atoms with Crippen LogP contribution in [0.25, 0.3) is 0 Å². The van der Waals surface area contributed by atoms with Crippen LogP contribution in [0.5, 0.6) is 0 Å². The Hall–Kier alpha value is -1.61. The number of carbonyl (C=O) groups is 1. The summed E-state index contributed by atoms with van der Waals surface area (Å²) in [5, 5.41) is 2.99. The molecule has 1 N–H and O–H groups in total. The van der Waals surface area contributed by atoms with Crippen molar-refractivity contribution in [3.63, 3.8) is 0 Å². The van der Waals surface area contributed by atoms with Crippen molar-refractivity contribution in [1.82, 2.24) is 4.90 Å². The summed E-state index contributed by atoms with van der Waals surface area (Å²) in [7, 11) is 0. The van der Waals surface area contributed by atoms with E-state index >= 15 is 0 Å². The highest BCUT2D eigenvalue weighted by Crippen LogP contribution is 2.19. The minimum absolute atomic E-state index is 0.140. The second kappa shape index (κ2) is 6.53. The van der Waals surface area contributed by atoms with Gasteiger partial charge < -0.3 is 5.32 Å². The zero-order valence-electron chi connectivity index (χ0n) is 11.6. The van der Waals surface area contributed by atoms with Gasteiger partial charge in [-0.25, -0.2) is 0 Å². The number of hydrogen-bond acceptors (Lipinski definition) is 2. The Morgan fingerprint density at radius 2 is 1.95 bits per heavy atom. The summed E-state index contributed by atoms with van der Waals surface area (Å²) in [6.07, 6.45) is 1.87. The molecule has 3 heteroatoms. The number of likely N-dealkylation sites (tertiary alicyclic amines) is 1. The maximum absolute atomic E-state index is 12.1. The molecule has 0 unspecified atom stereocenters. The second-order valence-corrected chi connectivity index (χ2v) is 5.36.